The highest BCUT2D eigenvalue weighted by atomic mass is 16.2. The molecule has 1 aliphatic heterocycles. The van der Waals surface area contributed by atoms with E-state index in [0.29, 0.717) is 6.42 Å². The number of nitrogens with two attached hydrogens (primary N) is 1. The summed E-state index contributed by atoms with van der Waals surface area (Å²) >= 11 is 0. The molecule has 2 amide bonds. The van der Waals surface area contributed by atoms with Gasteiger partial charge in [-0.3, -0.25) is 14.9 Å². The first-order valence-corrected chi connectivity index (χ1v) is 4.98. The molecule has 80 valence electrons. The molecule has 1 heterocycles. The lowest BCUT2D eigenvalue weighted by Crippen LogP contribution is -2.54. The summed E-state index contributed by atoms with van der Waals surface area (Å²) in [5.41, 5.74) is 5.18. The molecule has 1 fully saturated rings. The summed E-state index contributed by atoms with van der Waals surface area (Å²) in [5.74, 6) is -0.429. The average Bonchev–Trinajstić information content (AvgIpc) is 2.16. The van der Waals surface area contributed by atoms with Crippen molar-refractivity contribution >= 4 is 11.8 Å². The van der Waals surface area contributed by atoms with Crippen LogP contribution in [0.15, 0.2) is 0 Å². The Labute approximate surface area is 83.4 Å². The van der Waals surface area contributed by atoms with Gasteiger partial charge in [-0.1, -0.05) is 6.92 Å². The monoisotopic (exact) mass is 199 g/mol. The molecule has 1 aliphatic rings. The van der Waals surface area contributed by atoms with Gasteiger partial charge in [0.25, 0.3) is 0 Å². The quantitative estimate of drug-likeness (QED) is 0.549. The lowest BCUT2D eigenvalue weighted by Gasteiger charge is -2.25. The fourth-order valence-corrected chi connectivity index (χ4v) is 1.58. The number of hydrogen-bond donors (Lipinski definition) is 3. The maximum Gasteiger partial charge on any atom is 0.237 e. The van der Waals surface area contributed by atoms with E-state index in [1.807, 2.05) is 6.92 Å². The van der Waals surface area contributed by atoms with Crippen molar-refractivity contribution in [3.63, 3.8) is 0 Å². The predicted octanol–water partition coefficient (Wildman–Crippen LogP) is -0.881. The topological polar surface area (TPSA) is 84.2 Å². The number of nitrogens with one attached hydrogen (secondary N) is 2. The molecule has 4 N–H and O–H groups in total. The number of carbonyl (C=O) groups is 2. The fraction of sp³-hybridized carbons (Fsp3) is 0.778. The van der Waals surface area contributed by atoms with Crippen LogP contribution < -0.4 is 16.4 Å². The second-order valence-corrected chi connectivity index (χ2v) is 3.52. The Morgan fingerprint density at radius 2 is 2.50 bits per heavy atom. The van der Waals surface area contributed by atoms with Crippen molar-refractivity contribution < 1.29 is 9.59 Å². The van der Waals surface area contributed by atoms with Crippen LogP contribution in [0.5, 0.6) is 0 Å². The van der Waals surface area contributed by atoms with Crippen molar-refractivity contribution in [2.75, 3.05) is 6.54 Å². The molecule has 5 nitrogen and oxygen atoms in total. The first-order chi connectivity index (χ1) is 6.65. The van der Waals surface area contributed by atoms with E-state index in [0.717, 1.165) is 19.4 Å². The molecule has 0 aromatic carbocycles. The molecule has 0 spiro atoms. The highest BCUT2D eigenvalue weighted by molar-refractivity contribution is 5.84. The van der Waals surface area contributed by atoms with Crippen LogP contribution in [-0.4, -0.2) is 30.4 Å². The lowest BCUT2D eigenvalue weighted by atomic mass is 10.0. The van der Waals surface area contributed by atoms with Gasteiger partial charge in [0.15, 0.2) is 0 Å². The summed E-state index contributed by atoms with van der Waals surface area (Å²) < 4.78 is 0. The number of rotatable bonds is 4. The first-order valence-electron chi connectivity index (χ1n) is 4.98. The maximum atomic E-state index is 11.3. The molecule has 0 saturated carbocycles. The zero-order chi connectivity index (χ0) is 10.6. The van der Waals surface area contributed by atoms with Crippen LogP contribution in [0, 0.1) is 0 Å². The molecule has 2 unspecified atom stereocenters. The van der Waals surface area contributed by atoms with Crippen molar-refractivity contribution in [1.82, 2.24) is 10.6 Å². The zero-order valence-corrected chi connectivity index (χ0v) is 8.38. The maximum absolute atomic E-state index is 11.3. The van der Waals surface area contributed by atoms with E-state index < -0.39 is 11.9 Å². The smallest absolute Gasteiger partial charge is 0.237 e. The minimum Gasteiger partial charge on any atom is -0.368 e. The SMILES string of the molecule is CCC(NC1CCCNC1=O)C(N)=O. The largest absolute Gasteiger partial charge is 0.368 e. The predicted molar refractivity (Wildman–Crippen MR) is 52.4 cm³/mol. The Hall–Kier alpha value is -1.10. The lowest BCUT2D eigenvalue weighted by molar-refractivity contribution is -0.125. The van der Waals surface area contributed by atoms with E-state index in [2.05, 4.69) is 10.6 Å². The van der Waals surface area contributed by atoms with E-state index in [4.69, 9.17) is 5.73 Å². The van der Waals surface area contributed by atoms with Crippen LogP contribution in [0.25, 0.3) is 0 Å². The van der Waals surface area contributed by atoms with Crippen LogP contribution in [-0.2, 0) is 9.59 Å². The van der Waals surface area contributed by atoms with E-state index in [1.54, 1.807) is 0 Å². The molecule has 5 heteroatoms. The van der Waals surface area contributed by atoms with Crippen LogP contribution in [0.2, 0.25) is 0 Å². The molecule has 1 rings (SSSR count). The molecular weight excluding hydrogens is 182 g/mol. The van der Waals surface area contributed by atoms with Crippen LogP contribution in [0.3, 0.4) is 0 Å². The molecule has 0 aromatic rings. The van der Waals surface area contributed by atoms with Crippen LogP contribution in [0.1, 0.15) is 26.2 Å². The number of amides is 2. The van der Waals surface area contributed by atoms with Gasteiger partial charge in [-0.05, 0) is 19.3 Å². The van der Waals surface area contributed by atoms with Crippen molar-refractivity contribution in [3.05, 3.63) is 0 Å². The number of primary amides is 1. The molecule has 14 heavy (non-hydrogen) atoms. The third-order valence-electron chi connectivity index (χ3n) is 2.44. The Morgan fingerprint density at radius 1 is 1.79 bits per heavy atom. The highest BCUT2D eigenvalue weighted by Crippen LogP contribution is 2.04. The molecule has 0 aliphatic carbocycles. The molecule has 0 bridgehead atoms. The van der Waals surface area contributed by atoms with Gasteiger partial charge >= 0.3 is 0 Å². The van der Waals surface area contributed by atoms with Gasteiger partial charge in [0.2, 0.25) is 11.8 Å². The molecule has 1 saturated heterocycles. The first kappa shape index (κ1) is 11.0. The Bertz CT molecular complexity index is 230. The average molecular weight is 199 g/mol. The third kappa shape index (κ3) is 2.70. The summed E-state index contributed by atoms with van der Waals surface area (Å²) in [7, 11) is 0. The minimum atomic E-state index is -0.399. The van der Waals surface area contributed by atoms with E-state index in [1.165, 1.54) is 0 Å². The molecule has 0 radical (unpaired) electrons. The summed E-state index contributed by atoms with van der Waals surface area (Å²) in [6.45, 7) is 2.59. The fourth-order valence-electron chi connectivity index (χ4n) is 1.58. The number of piperidine rings is 1. The van der Waals surface area contributed by atoms with Crippen LogP contribution >= 0.6 is 0 Å². The molecule has 2 atom stereocenters. The van der Waals surface area contributed by atoms with Gasteiger partial charge in [0, 0.05) is 6.54 Å². The molecule has 0 aromatic heterocycles. The minimum absolute atomic E-state index is 0.0315. The standard InChI is InChI=1S/C9H17N3O2/c1-2-6(8(10)13)12-7-4-3-5-11-9(7)14/h6-7,12H,2-5H2,1H3,(H2,10,13)(H,11,14). The number of carbonyl (C=O) groups excluding carboxylic acids is 2. The summed E-state index contributed by atoms with van der Waals surface area (Å²) in [5, 5.41) is 5.72. The van der Waals surface area contributed by atoms with Crippen molar-refractivity contribution in [2.24, 2.45) is 5.73 Å². The zero-order valence-electron chi connectivity index (χ0n) is 8.38. The third-order valence-corrected chi connectivity index (χ3v) is 2.44. The van der Waals surface area contributed by atoms with Gasteiger partial charge in [-0.2, -0.15) is 0 Å². The van der Waals surface area contributed by atoms with Gasteiger partial charge in [0.05, 0.1) is 12.1 Å². The Balaban J connectivity index is 2.48. The summed E-state index contributed by atoms with van der Waals surface area (Å²) in [6.07, 6.45) is 2.33. The van der Waals surface area contributed by atoms with Gasteiger partial charge < -0.3 is 11.1 Å². The Kier molecular flexibility index (Phi) is 3.88. The Morgan fingerprint density at radius 3 is 3.00 bits per heavy atom. The number of hydrogen-bond acceptors (Lipinski definition) is 3. The van der Waals surface area contributed by atoms with Crippen molar-refractivity contribution in [2.45, 2.75) is 38.3 Å². The van der Waals surface area contributed by atoms with E-state index in [-0.39, 0.29) is 11.9 Å². The van der Waals surface area contributed by atoms with Crippen molar-refractivity contribution in [1.29, 1.82) is 0 Å². The van der Waals surface area contributed by atoms with E-state index in [9.17, 15) is 9.59 Å². The molecular formula is C9H17N3O2. The van der Waals surface area contributed by atoms with Crippen LogP contribution in [0.4, 0.5) is 0 Å². The highest BCUT2D eigenvalue weighted by Gasteiger charge is 2.25. The normalized spacial score (nSPS) is 24.1. The van der Waals surface area contributed by atoms with Gasteiger partial charge in [0.1, 0.15) is 0 Å². The van der Waals surface area contributed by atoms with E-state index >= 15 is 0 Å². The van der Waals surface area contributed by atoms with Gasteiger partial charge in [-0.25, -0.2) is 0 Å². The second-order valence-electron chi connectivity index (χ2n) is 3.52. The summed E-state index contributed by atoms with van der Waals surface area (Å²) in [6, 6.07) is -0.662. The van der Waals surface area contributed by atoms with Gasteiger partial charge in [-0.15, -0.1) is 0 Å². The van der Waals surface area contributed by atoms with Crippen molar-refractivity contribution in [3.8, 4) is 0 Å². The second kappa shape index (κ2) is 4.95. The summed E-state index contributed by atoms with van der Waals surface area (Å²) in [4.78, 5) is 22.3.